The molecular weight excluding hydrogens is 415 g/mol. The molecule has 5 nitrogen and oxygen atoms in total. The number of hydrogen-bond donors (Lipinski definition) is 2. The van der Waals surface area contributed by atoms with E-state index >= 15 is 0 Å². The summed E-state index contributed by atoms with van der Waals surface area (Å²) >= 11 is 9.12. The van der Waals surface area contributed by atoms with Gasteiger partial charge in [-0.3, -0.25) is 0 Å². The molecule has 1 aliphatic heterocycles. The zero-order valence-electron chi connectivity index (χ0n) is 12.1. The van der Waals surface area contributed by atoms with Crippen LogP contribution in [0.3, 0.4) is 0 Å². The van der Waals surface area contributed by atoms with E-state index in [2.05, 4.69) is 26.0 Å². The summed E-state index contributed by atoms with van der Waals surface area (Å²) < 4.78 is 33.1. The SMILES string of the molecule is COCC1(CNS(=O)(=O)c2ccc(Cl)c(Br)c2)CCCN1.Cl. The summed E-state index contributed by atoms with van der Waals surface area (Å²) in [6, 6.07) is 4.54. The largest absolute Gasteiger partial charge is 0.383 e. The summed E-state index contributed by atoms with van der Waals surface area (Å²) in [6.45, 7) is 1.64. The average molecular weight is 434 g/mol. The first-order valence-corrected chi connectivity index (χ1v) is 9.23. The van der Waals surface area contributed by atoms with E-state index in [9.17, 15) is 8.42 Å². The molecule has 1 saturated heterocycles. The van der Waals surface area contributed by atoms with E-state index in [0.717, 1.165) is 19.4 Å². The zero-order valence-corrected chi connectivity index (χ0v) is 16.0. The third-order valence-electron chi connectivity index (χ3n) is 3.55. The van der Waals surface area contributed by atoms with Gasteiger partial charge in [0.2, 0.25) is 10.0 Å². The van der Waals surface area contributed by atoms with Gasteiger partial charge in [-0.25, -0.2) is 13.1 Å². The second-order valence-electron chi connectivity index (χ2n) is 5.14. The van der Waals surface area contributed by atoms with Crippen LogP contribution in [-0.4, -0.2) is 40.8 Å². The maximum atomic E-state index is 12.4. The molecule has 9 heteroatoms. The Labute approximate surface area is 150 Å². The smallest absolute Gasteiger partial charge is 0.240 e. The highest BCUT2D eigenvalue weighted by molar-refractivity contribution is 9.10. The quantitative estimate of drug-likeness (QED) is 0.723. The maximum absolute atomic E-state index is 12.4. The lowest BCUT2D eigenvalue weighted by atomic mass is 9.99. The molecule has 2 N–H and O–H groups in total. The maximum Gasteiger partial charge on any atom is 0.240 e. The first kappa shape index (κ1) is 20.2. The molecule has 0 radical (unpaired) electrons. The molecule has 1 aromatic carbocycles. The van der Waals surface area contributed by atoms with E-state index in [0.29, 0.717) is 22.6 Å². The fourth-order valence-electron chi connectivity index (χ4n) is 2.43. The summed E-state index contributed by atoms with van der Waals surface area (Å²) in [6.07, 6.45) is 1.89. The molecule has 0 aromatic heterocycles. The third kappa shape index (κ3) is 4.80. The number of nitrogens with one attached hydrogen (secondary N) is 2. The number of halogens is 3. The molecule has 0 bridgehead atoms. The molecule has 0 saturated carbocycles. The minimum Gasteiger partial charge on any atom is -0.383 e. The molecule has 22 heavy (non-hydrogen) atoms. The molecule has 0 spiro atoms. The van der Waals surface area contributed by atoms with Crippen LogP contribution in [0.5, 0.6) is 0 Å². The Morgan fingerprint density at radius 3 is 2.77 bits per heavy atom. The van der Waals surface area contributed by atoms with E-state index in [1.165, 1.54) is 12.1 Å². The fraction of sp³-hybridized carbons (Fsp3) is 0.538. The van der Waals surface area contributed by atoms with E-state index < -0.39 is 10.0 Å². The predicted octanol–water partition coefficient (Wildman–Crippen LogP) is 2.57. The Balaban J connectivity index is 0.00000242. The molecule has 1 atom stereocenters. The Kier molecular flexibility index (Phi) is 7.59. The van der Waals surface area contributed by atoms with Crippen LogP contribution in [0.2, 0.25) is 5.02 Å². The van der Waals surface area contributed by atoms with Crippen LogP contribution in [0.1, 0.15) is 12.8 Å². The summed E-state index contributed by atoms with van der Waals surface area (Å²) in [5.41, 5.74) is -0.328. The van der Waals surface area contributed by atoms with E-state index in [4.69, 9.17) is 16.3 Å². The molecule has 1 unspecified atom stereocenters. The van der Waals surface area contributed by atoms with Crippen molar-refractivity contribution in [1.82, 2.24) is 10.0 Å². The van der Waals surface area contributed by atoms with Crippen LogP contribution in [0.25, 0.3) is 0 Å². The van der Waals surface area contributed by atoms with E-state index in [1.807, 2.05) is 0 Å². The predicted molar refractivity (Wildman–Crippen MR) is 93.4 cm³/mol. The van der Waals surface area contributed by atoms with Crippen molar-refractivity contribution in [3.63, 3.8) is 0 Å². The van der Waals surface area contributed by atoms with Crippen LogP contribution in [0, 0.1) is 0 Å². The number of sulfonamides is 1. The minimum absolute atomic E-state index is 0. The van der Waals surface area contributed by atoms with Gasteiger partial charge in [-0.2, -0.15) is 0 Å². The Hall–Kier alpha value is 0.110. The van der Waals surface area contributed by atoms with Gasteiger partial charge < -0.3 is 10.1 Å². The Morgan fingerprint density at radius 1 is 1.50 bits per heavy atom. The number of benzene rings is 1. The van der Waals surface area contributed by atoms with Crippen LogP contribution < -0.4 is 10.0 Å². The van der Waals surface area contributed by atoms with Crippen LogP contribution in [0.4, 0.5) is 0 Å². The van der Waals surface area contributed by atoms with Gasteiger partial charge in [-0.05, 0) is 53.5 Å². The zero-order chi connectivity index (χ0) is 15.5. The van der Waals surface area contributed by atoms with Gasteiger partial charge >= 0.3 is 0 Å². The monoisotopic (exact) mass is 432 g/mol. The molecule has 1 aliphatic rings. The molecule has 1 fully saturated rings. The minimum atomic E-state index is -3.58. The van der Waals surface area contributed by atoms with Crippen LogP contribution in [0.15, 0.2) is 27.6 Å². The van der Waals surface area contributed by atoms with Gasteiger partial charge in [0.1, 0.15) is 0 Å². The first-order valence-electron chi connectivity index (χ1n) is 6.57. The van der Waals surface area contributed by atoms with Gasteiger partial charge in [0, 0.05) is 18.1 Å². The van der Waals surface area contributed by atoms with Gasteiger partial charge in [0.15, 0.2) is 0 Å². The topological polar surface area (TPSA) is 67.4 Å². The highest BCUT2D eigenvalue weighted by Crippen LogP contribution is 2.26. The van der Waals surface area contributed by atoms with Gasteiger partial charge in [0.25, 0.3) is 0 Å². The van der Waals surface area contributed by atoms with Crippen LogP contribution >= 0.6 is 39.9 Å². The molecule has 2 rings (SSSR count). The van der Waals surface area contributed by atoms with Gasteiger partial charge in [-0.1, -0.05) is 11.6 Å². The molecule has 0 aliphatic carbocycles. The summed E-state index contributed by atoms with van der Waals surface area (Å²) in [5, 5.41) is 3.81. The van der Waals surface area contributed by atoms with Crippen molar-refractivity contribution in [3.8, 4) is 0 Å². The number of hydrogen-bond acceptors (Lipinski definition) is 4. The average Bonchev–Trinajstić information content (AvgIpc) is 2.89. The molecule has 0 amide bonds. The molecule has 1 heterocycles. The van der Waals surface area contributed by atoms with Gasteiger partial charge in [-0.15, -0.1) is 12.4 Å². The molecule has 126 valence electrons. The van der Waals surface area contributed by atoms with Gasteiger partial charge in [0.05, 0.1) is 22.1 Å². The van der Waals surface area contributed by atoms with Crippen molar-refractivity contribution >= 4 is 50.0 Å². The highest BCUT2D eigenvalue weighted by atomic mass is 79.9. The van der Waals surface area contributed by atoms with Crippen molar-refractivity contribution in [2.24, 2.45) is 0 Å². The number of ether oxygens (including phenoxy) is 1. The second-order valence-corrected chi connectivity index (χ2v) is 8.17. The van der Waals surface area contributed by atoms with Crippen molar-refractivity contribution in [3.05, 3.63) is 27.7 Å². The highest BCUT2D eigenvalue weighted by Gasteiger charge is 2.34. The molecule has 1 aromatic rings. The third-order valence-corrected chi connectivity index (χ3v) is 6.17. The molecular formula is C13H19BrCl2N2O3S. The fourth-order valence-corrected chi connectivity index (χ4v) is 4.23. The van der Waals surface area contributed by atoms with Crippen molar-refractivity contribution in [2.45, 2.75) is 23.3 Å². The lowest BCUT2D eigenvalue weighted by Crippen LogP contribution is -2.52. The van der Waals surface area contributed by atoms with Crippen LogP contribution in [-0.2, 0) is 14.8 Å². The lowest BCUT2D eigenvalue weighted by Gasteiger charge is -2.28. The van der Waals surface area contributed by atoms with Crippen molar-refractivity contribution in [2.75, 3.05) is 26.8 Å². The number of rotatable bonds is 6. The normalized spacial score (nSPS) is 21.6. The van der Waals surface area contributed by atoms with Crippen molar-refractivity contribution in [1.29, 1.82) is 0 Å². The summed E-state index contributed by atoms with van der Waals surface area (Å²) in [7, 11) is -1.96. The Bertz CT molecular complexity index is 607. The first-order chi connectivity index (χ1) is 9.88. The second kappa shape index (κ2) is 8.28. The van der Waals surface area contributed by atoms with E-state index in [-0.39, 0.29) is 22.8 Å². The standard InChI is InChI=1S/C13H18BrClN2O3S.ClH/c1-20-9-13(5-2-6-16-13)8-17-21(18,19)10-3-4-12(15)11(14)7-10;/h3-4,7,16-17H,2,5-6,8-9H2,1H3;1H. The number of methoxy groups -OCH3 is 1. The lowest BCUT2D eigenvalue weighted by molar-refractivity contribution is 0.122. The van der Waals surface area contributed by atoms with E-state index in [1.54, 1.807) is 13.2 Å². The van der Waals surface area contributed by atoms with Crippen molar-refractivity contribution < 1.29 is 13.2 Å². The Morgan fingerprint density at radius 2 is 2.23 bits per heavy atom. The summed E-state index contributed by atoms with van der Waals surface area (Å²) in [4.78, 5) is 0.185. The summed E-state index contributed by atoms with van der Waals surface area (Å²) in [5.74, 6) is 0.